The number of benzene rings is 1. The van der Waals surface area contributed by atoms with Crippen LogP contribution in [-0.4, -0.2) is 38.2 Å². The van der Waals surface area contributed by atoms with E-state index in [-0.39, 0.29) is 24.3 Å². The molecule has 5 nitrogen and oxygen atoms in total. The highest BCUT2D eigenvalue weighted by atomic mass is 16.6. The van der Waals surface area contributed by atoms with Gasteiger partial charge in [-0.15, -0.1) is 0 Å². The molecular formula is C17H24O5. The van der Waals surface area contributed by atoms with Gasteiger partial charge in [0.2, 0.25) is 0 Å². The molecule has 0 fully saturated rings. The monoisotopic (exact) mass is 308 g/mol. The summed E-state index contributed by atoms with van der Waals surface area (Å²) in [6.07, 6.45) is 0.373. The van der Waals surface area contributed by atoms with Gasteiger partial charge in [-0.05, 0) is 24.3 Å². The van der Waals surface area contributed by atoms with Gasteiger partial charge in [0.15, 0.2) is 5.78 Å². The van der Waals surface area contributed by atoms with Gasteiger partial charge in [-0.25, -0.2) is 0 Å². The van der Waals surface area contributed by atoms with E-state index in [0.717, 1.165) is 0 Å². The second-order valence-electron chi connectivity index (χ2n) is 5.08. The third-order valence-corrected chi connectivity index (χ3v) is 2.94. The maximum atomic E-state index is 11.8. The number of carbonyl (C=O) groups excluding carboxylic acids is 2. The molecule has 0 heterocycles. The van der Waals surface area contributed by atoms with E-state index in [9.17, 15) is 9.59 Å². The smallest absolute Gasteiger partial charge is 0.305 e. The van der Waals surface area contributed by atoms with Crippen molar-refractivity contribution in [2.75, 3.05) is 26.4 Å². The summed E-state index contributed by atoms with van der Waals surface area (Å²) in [4.78, 5) is 22.7. The summed E-state index contributed by atoms with van der Waals surface area (Å²) in [6.45, 7) is 6.94. The molecule has 0 aliphatic rings. The van der Waals surface area contributed by atoms with Crippen LogP contribution in [0.25, 0.3) is 0 Å². The maximum Gasteiger partial charge on any atom is 0.305 e. The predicted molar refractivity (Wildman–Crippen MR) is 83.2 cm³/mol. The summed E-state index contributed by atoms with van der Waals surface area (Å²) in [5, 5.41) is 0. The Morgan fingerprint density at radius 3 is 2.23 bits per heavy atom. The van der Waals surface area contributed by atoms with Crippen LogP contribution in [0.2, 0.25) is 0 Å². The molecule has 122 valence electrons. The van der Waals surface area contributed by atoms with Gasteiger partial charge in [0.05, 0.1) is 13.2 Å². The molecule has 0 bridgehead atoms. The fourth-order valence-corrected chi connectivity index (χ4v) is 1.69. The first-order valence-electron chi connectivity index (χ1n) is 7.55. The lowest BCUT2D eigenvalue weighted by molar-refractivity contribution is -0.144. The van der Waals surface area contributed by atoms with Crippen LogP contribution in [-0.2, 0) is 14.3 Å². The fraction of sp³-hybridized carbons (Fsp3) is 0.529. The zero-order valence-corrected chi connectivity index (χ0v) is 13.5. The minimum Gasteiger partial charge on any atom is -0.491 e. The predicted octanol–water partition coefficient (Wildman–Crippen LogP) is 2.87. The number of esters is 1. The molecule has 0 radical (unpaired) electrons. The molecule has 0 N–H and O–H groups in total. The van der Waals surface area contributed by atoms with Crippen molar-refractivity contribution in [2.45, 2.75) is 27.2 Å². The lowest BCUT2D eigenvalue weighted by Crippen LogP contribution is -2.13. The van der Waals surface area contributed by atoms with E-state index >= 15 is 0 Å². The SMILES string of the molecule is CCC(=O)OCCOCCOc1ccc(C(=O)C(C)C)cc1. The van der Waals surface area contributed by atoms with Crippen molar-refractivity contribution in [3.63, 3.8) is 0 Å². The molecule has 0 saturated carbocycles. The van der Waals surface area contributed by atoms with E-state index in [2.05, 4.69) is 0 Å². The van der Waals surface area contributed by atoms with Gasteiger partial charge in [0.25, 0.3) is 0 Å². The average Bonchev–Trinajstić information content (AvgIpc) is 2.53. The molecule has 5 heteroatoms. The number of Topliss-reactive ketones (excluding diaryl/α,β-unsaturated/α-hetero) is 1. The first-order valence-corrected chi connectivity index (χ1v) is 7.55. The van der Waals surface area contributed by atoms with Crippen LogP contribution in [0.5, 0.6) is 5.75 Å². The number of carbonyl (C=O) groups is 2. The topological polar surface area (TPSA) is 61.8 Å². The summed E-state index contributed by atoms with van der Waals surface area (Å²) in [6, 6.07) is 7.09. The number of ketones is 1. The van der Waals surface area contributed by atoms with Gasteiger partial charge in [0.1, 0.15) is 19.0 Å². The number of ether oxygens (including phenoxy) is 3. The zero-order valence-electron chi connectivity index (χ0n) is 13.5. The van der Waals surface area contributed by atoms with Crippen LogP contribution in [0.15, 0.2) is 24.3 Å². The van der Waals surface area contributed by atoms with Crippen LogP contribution in [0.3, 0.4) is 0 Å². The Hall–Kier alpha value is -1.88. The van der Waals surface area contributed by atoms with E-state index in [1.165, 1.54) is 0 Å². The van der Waals surface area contributed by atoms with Crippen molar-refractivity contribution < 1.29 is 23.8 Å². The van der Waals surface area contributed by atoms with E-state index in [0.29, 0.717) is 37.6 Å². The lowest BCUT2D eigenvalue weighted by atomic mass is 10.0. The Balaban J connectivity index is 2.18. The summed E-state index contributed by atoms with van der Waals surface area (Å²) >= 11 is 0. The molecule has 1 aromatic carbocycles. The van der Waals surface area contributed by atoms with Crippen LogP contribution >= 0.6 is 0 Å². The van der Waals surface area contributed by atoms with Crippen molar-refractivity contribution in [2.24, 2.45) is 5.92 Å². The summed E-state index contributed by atoms with van der Waals surface area (Å²) in [5.41, 5.74) is 0.691. The zero-order chi connectivity index (χ0) is 16.4. The molecule has 0 amide bonds. The van der Waals surface area contributed by atoms with Crippen molar-refractivity contribution in [1.29, 1.82) is 0 Å². The Kier molecular flexibility index (Phi) is 8.22. The minimum atomic E-state index is -0.226. The summed E-state index contributed by atoms with van der Waals surface area (Å²) in [5.74, 6) is 0.579. The molecule has 0 unspecified atom stereocenters. The van der Waals surface area contributed by atoms with E-state index in [1.807, 2.05) is 13.8 Å². The maximum absolute atomic E-state index is 11.8. The molecule has 0 saturated heterocycles. The first kappa shape index (κ1) is 18.2. The van der Waals surface area contributed by atoms with Crippen LogP contribution in [0.4, 0.5) is 0 Å². The van der Waals surface area contributed by atoms with Gasteiger partial charge in [0, 0.05) is 17.9 Å². The van der Waals surface area contributed by atoms with Gasteiger partial charge in [-0.3, -0.25) is 9.59 Å². The normalized spacial score (nSPS) is 10.5. The Morgan fingerprint density at radius 2 is 1.64 bits per heavy atom. The average molecular weight is 308 g/mol. The summed E-state index contributed by atoms with van der Waals surface area (Å²) < 4.78 is 15.7. The van der Waals surface area contributed by atoms with E-state index < -0.39 is 0 Å². The van der Waals surface area contributed by atoms with Gasteiger partial charge < -0.3 is 14.2 Å². The lowest BCUT2D eigenvalue weighted by Gasteiger charge is -2.09. The molecule has 1 rings (SSSR count). The molecule has 22 heavy (non-hydrogen) atoms. The third kappa shape index (κ3) is 6.72. The van der Waals surface area contributed by atoms with Crippen molar-refractivity contribution >= 4 is 11.8 Å². The van der Waals surface area contributed by atoms with Gasteiger partial charge in [-0.1, -0.05) is 20.8 Å². The highest BCUT2D eigenvalue weighted by Crippen LogP contribution is 2.15. The second kappa shape index (κ2) is 9.95. The van der Waals surface area contributed by atoms with Crippen molar-refractivity contribution in [3.05, 3.63) is 29.8 Å². The van der Waals surface area contributed by atoms with Crippen LogP contribution in [0.1, 0.15) is 37.6 Å². The molecule has 0 aromatic heterocycles. The van der Waals surface area contributed by atoms with Gasteiger partial charge in [-0.2, -0.15) is 0 Å². The summed E-state index contributed by atoms with van der Waals surface area (Å²) in [7, 11) is 0. The second-order valence-corrected chi connectivity index (χ2v) is 5.08. The van der Waals surface area contributed by atoms with Crippen LogP contribution in [0, 0.1) is 5.92 Å². The van der Waals surface area contributed by atoms with Crippen molar-refractivity contribution in [3.8, 4) is 5.75 Å². The molecule has 1 aromatic rings. The molecule has 0 atom stereocenters. The Bertz CT molecular complexity index is 464. The third-order valence-electron chi connectivity index (χ3n) is 2.94. The fourth-order valence-electron chi connectivity index (χ4n) is 1.69. The number of hydrogen-bond donors (Lipinski definition) is 0. The molecule has 0 spiro atoms. The van der Waals surface area contributed by atoms with Crippen molar-refractivity contribution in [1.82, 2.24) is 0 Å². The van der Waals surface area contributed by atoms with Gasteiger partial charge >= 0.3 is 5.97 Å². The number of rotatable bonds is 10. The standard InChI is InChI=1S/C17H24O5/c1-4-16(18)22-12-10-20-9-11-21-15-7-5-14(6-8-15)17(19)13(2)3/h5-8,13H,4,9-12H2,1-3H3. The van der Waals surface area contributed by atoms with E-state index in [1.54, 1.807) is 31.2 Å². The highest BCUT2D eigenvalue weighted by Gasteiger charge is 2.09. The van der Waals surface area contributed by atoms with Crippen LogP contribution < -0.4 is 4.74 Å². The quantitative estimate of drug-likeness (QED) is 0.378. The molecule has 0 aliphatic carbocycles. The Labute approximate surface area is 131 Å². The largest absolute Gasteiger partial charge is 0.491 e. The molecule has 0 aliphatic heterocycles. The van der Waals surface area contributed by atoms with E-state index in [4.69, 9.17) is 14.2 Å². The minimum absolute atomic E-state index is 0.0121. The number of hydrogen-bond acceptors (Lipinski definition) is 5. The molecular weight excluding hydrogens is 284 g/mol. The Morgan fingerprint density at radius 1 is 1.00 bits per heavy atom. The highest BCUT2D eigenvalue weighted by molar-refractivity contribution is 5.97. The first-order chi connectivity index (χ1) is 10.5.